The first kappa shape index (κ1) is 22.2. The van der Waals surface area contributed by atoms with Crippen molar-refractivity contribution >= 4 is 22.1 Å². The molecule has 7 fully saturated rings. The maximum absolute atomic E-state index is 13.5. The Balaban J connectivity index is 1.15. The third kappa shape index (κ3) is 3.63. The minimum absolute atomic E-state index is 0.0117. The van der Waals surface area contributed by atoms with E-state index in [1.54, 1.807) is 0 Å². The molecule has 184 valence electrons. The summed E-state index contributed by atoms with van der Waals surface area (Å²) in [5.74, 6) is -0.701. The zero-order valence-corrected chi connectivity index (χ0v) is 19.3. The fourth-order valence-corrected chi connectivity index (χ4v) is 9.26. The van der Waals surface area contributed by atoms with E-state index in [4.69, 9.17) is 18.8 Å². The van der Waals surface area contributed by atoms with Gasteiger partial charge in [0.1, 0.15) is 12.2 Å². The van der Waals surface area contributed by atoms with Crippen LogP contribution in [-0.4, -0.2) is 60.9 Å². The highest BCUT2D eigenvalue weighted by Gasteiger charge is 2.69. The van der Waals surface area contributed by atoms with E-state index in [0.29, 0.717) is 24.2 Å². The quantitative estimate of drug-likeness (QED) is 0.313. The number of fused-ring (bicyclic) bond motifs is 1. The Morgan fingerprint density at radius 2 is 1.64 bits per heavy atom. The van der Waals surface area contributed by atoms with Crippen molar-refractivity contribution < 1.29 is 41.9 Å². The van der Waals surface area contributed by atoms with Gasteiger partial charge in [0.15, 0.2) is 6.29 Å². The third-order valence-corrected chi connectivity index (χ3v) is 10.3. The number of rotatable bonds is 7. The predicted molar refractivity (Wildman–Crippen MR) is 112 cm³/mol. The molecule has 0 spiro atoms. The maximum atomic E-state index is 13.5. The number of hydrogen-bond acceptors (Lipinski definition) is 8. The zero-order chi connectivity index (χ0) is 23.1. The lowest BCUT2D eigenvalue weighted by molar-refractivity contribution is -0.189. The summed E-state index contributed by atoms with van der Waals surface area (Å²) in [5, 5.41) is 10.5. The Bertz CT molecular complexity index is 910. The first-order chi connectivity index (χ1) is 15.6. The van der Waals surface area contributed by atoms with Crippen molar-refractivity contribution in [3.8, 4) is 0 Å². The standard InChI is InChI=1S/C23H32O9S/c24-20(30-2-1-3-33(27,28)29)16-14-7-15-17(16)21(25)31-18(15)19(14)32-22(26)23-8-11-4-12(9-23)6-13(5-11)10-23/h11-19,21,25H,1-10H2,(H,27,28,29). The Hall–Kier alpha value is -1.23. The molecule has 6 aliphatic carbocycles. The average molecular weight is 485 g/mol. The average Bonchev–Trinajstić information content (AvgIpc) is 3.33. The van der Waals surface area contributed by atoms with Crippen LogP contribution in [0, 0.1) is 46.8 Å². The Morgan fingerprint density at radius 1 is 1.00 bits per heavy atom. The first-order valence-electron chi connectivity index (χ1n) is 12.3. The van der Waals surface area contributed by atoms with Crippen LogP contribution >= 0.6 is 0 Å². The summed E-state index contributed by atoms with van der Waals surface area (Å²) in [6, 6.07) is 0. The Labute approximate surface area is 193 Å². The van der Waals surface area contributed by atoms with Crippen LogP contribution < -0.4 is 0 Å². The van der Waals surface area contributed by atoms with Gasteiger partial charge in [-0.05, 0) is 75.0 Å². The molecular formula is C23H32O9S. The van der Waals surface area contributed by atoms with E-state index in [1.807, 2.05) is 0 Å². The number of carbonyl (C=O) groups is 2. The molecule has 1 aliphatic heterocycles. The van der Waals surface area contributed by atoms with Crippen molar-refractivity contribution in [2.45, 2.75) is 69.9 Å². The van der Waals surface area contributed by atoms with E-state index < -0.39 is 57.6 Å². The SMILES string of the molecule is O=C(OCCCS(=O)(=O)O)C1C2CC3C(OC(O)C31)C2OC(=O)C12CC3CC(CC(C3)C1)C2. The minimum atomic E-state index is -4.12. The highest BCUT2D eigenvalue weighted by molar-refractivity contribution is 7.85. The van der Waals surface area contributed by atoms with Gasteiger partial charge in [0.25, 0.3) is 10.1 Å². The fraction of sp³-hybridized carbons (Fsp3) is 0.913. The lowest BCUT2D eigenvalue weighted by Gasteiger charge is -2.55. The molecule has 10 heteroatoms. The maximum Gasteiger partial charge on any atom is 0.312 e. The number of aliphatic hydroxyl groups excluding tert-OH is 1. The summed E-state index contributed by atoms with van der Waals surface area (Å²) < 4.78 is 47.8. The van der Waals surface area contributed by atoms with E-state index >= 15 is 0 Å². The molecule has 9 nitrogen and oxygen atoms in total. The molecule has 0 aromatic rings. The number of carbonyl (C=O) groups excluding carboxylic acids is 2. The lowest BCUT2D eigenvalue weighted by atomic mass is 9.49. The molecule has 7 atom stereocenters. The molecule has 6 bridgehead atoms. The monoisotopic (exact) mass is 484 g/mol. The highest BCUT2D eigenvalue weighted by Crippen LogP contribution is 2.63. The number of esters is 2. The van der Waals surface area contributed by atoms with Crippen LogP contribution in [0.4, 0.5) is 0 Å². The minimum Gasteiger partial charge on any atom is -0.465 e. The van der Waals surface area contributed by atoms with Crippen LogP contribution in [0.3, 0.4) is 0 Å². The van der Waals surface area contributed by atoms with Gasteiger partial charge in [-0.15, -0.1) is 0 Å². The smallest absolute Gasteiger partial charge is 0.312 e. The van der Waals surface area contributed by atoms with Gasteiger partial charge >= 0.3 is 11.9 Å². The predicted octanol–water partition coefficient (Wildman–Crippen LogP) is 1.53. The molecule has 2 N–H and O–H groups in total. The number of hydrogen-bond donors (Lipinski definition) is 2. The molecule has 7 aliphatic rings. The summed E-state index contributed by atoms with van der Waals surface area (Å²) in [7, 11) is -4.12. The molecule has 1 saturated heterocycles. The van der Waals surface area contributed by atoms with Crippen LogP contribution in [-0.2, 0) is 33.9 Å². The Kier molecular flexibility index (Phi) is 5.15. The van der Waals surface area contributed by atoms with Gasteiger partial charge in [-0.3, -0.25) is 14.1 Å². The second-order valence-electron chi connectivity index (χ2n) is 11.5. The fourth-order valence-electron chi connectivity index (χ4n) is 8.77. The van der Waals surface area contributed by atoms with Gasteiger partial charge < -0.3 is 19.3 Å². The van der Waals surface area contributed by atoms with E-state index in [-0.39, 0.29) is 30.8 Å². The summed E-state index contributed by atoms with van der Waals surface area (Å²) in [6.07, 6.45) is 4.93. The summed E-state index contributed by atoms with van der Waals surface area (Å²) in [5.41, 5.74) is -0.404. The number of aliphatic hydroxyl groups is 1. The van der Waals surface area contributed by atoms with E-state index in [1.165, 1.54) is 19.3 Å². The molecule has 0 amide bonds. The van der Waals surface area contributed by atoms with E-state index in [0.717, 1.165) is 19.3 Å². The van der Waals surface area contributed by atoms with Gasteiger partial charge in [-0.1, -0.05) is 0 Å². The summed E-state index contributed by atoms with van der Waals surface area (Å²) in [6.45, 7) is -0.142. The van der Waals surface area contributed by atoms with Gasteiger partial charge in [0, 0.05) is 11.8 Å². The zero-order valence-electron chi connectivity index (χ0n) is 18.5. The molecule has 0 aromatic heterocycles. The number of ether oxygens (including phenoxy) is 3. The molecule has 6 saturated carbocycles. The molecular weight excluding hydrogens is 452 g/mol. The normalized spacial score (nSPS) is 48.9. The van der Waals surface area contributed by atoms with Crippen molar-refractivity contribution in [2.24, 2.45) is 46.8 Å². The van der Waals surface area contributed by atoms with Crippen molar-refractivity contribution in [1.29, 1.82) is 0 Å². The highest BCUT2D eigenvalue weighted by atomic mass is 32.2. The molecule has 7 unspecified atom stereocenters. The van der Waals surface area contributed by atoms with Crippen LogP contribution in [0.2, 0.25) is 0 Å². The van der Waals surface area contributed by atoms with Crippen LogP contribution in [0.1, 0.15) is 51.4 Å². The van der Waals surface area contributed by atoms with Crippen LogP contribution in [0.5, 0.6) is 0 Å². The second kappa shape index (κ2) is 7.63. The largest absolute Gasteiger partial charge is 0.465 e. The Morgan fingerprint density at radius 3 is 2.24 bits per heavy atom. The van der Waals surface area contributed by atoms with Crippen LogP contribution in [0.15, 0.2) is 0 Å². The summed E-state index contributed by atoms with van der Waals surface area (Å²) in [4.78, 5) is 26.4. The topological polar surface area (TPSA) is 136 Å². The van der Waals surface area contributed by atoms with Gasteiger partial charge in [0.05, 0.1) is 23.7 Å². The lowest BCUT2D eigenvalue weighted by Crippen LogP contribution is -2.52. The molecule has 33 heavy (non-hydrogen) atoms. The molecule has 1 heterocycles. The van der Waals surface area contributed by atoms with Crippen molar-refractivity contribution in [2.75, 3.05) is 12.4 Å². The van der Waals surface area contributed by atoms with E-state index in [9.17, 15) is 23.1 Å². The third-order valence-electron chi connectivity index (χ3n) is 9.49. The molecule has 0 radical (unpaired) electrons. The molecule has 0 aromatic carbocycles. The van der Waals surface area contributed by atoms with Crippen molar-refractivity contribution in [3.05, 3.63) is 0 Å². The van der Waals surface area contributed by atoms with Crippen LogP contribution in [0.25, 0.3) is 0 Å². The second-order valence-corrected chi connectivity index (χ2v) is 13.1. The molecule has 7 rings (SSSR count). The first-order valence-corrected chi connectivity index (χ1v) is 13.9. The van der Waals surface area contributed by atoms with Gasteiger partial charge in [-0.2, -0.15) is 8.42 Å². The van der Waals surface area contributed by atoms with Gasteiger partial charge in [-0.25, -0.2) is 0 Å². The van der Waals surface area contributed by atoms with Crippen molar-refractivity contribution in [1.82, 2.24) is 0 Å². The summed E-state index contributed by atoms with van der Waals surface area (Å²) >= 11 is 0. The van der Waals surface area contributed by atoms with Crippen molar-refractivity contribution in [3.63, 3.8) is 0 Å². The van der Waals surface area contributed by atoms with E-state index in [2.05, 4.69) is 0 Å². The van der Waals surface area contributed by atoms with Gasteiger partial charge in [0.2, 0.25) is 0 Å².